The van der Waals surface area contributed by atoms with E-state index in [0.717, 1.165) is 23.5 Å². The maximum Gasteiger partial charge on any atom is 0.573 e. The third-order valence-electron chi connectivity index (χ3n) is 2.49. The predicted molar refractivity (Wildman–Crippen MR) is 70.6 cm³/mol. The molecular weight excluding hydrogens is 289 g/mol. The molecule has 7 heteroatoms. The van der Waals surface area contributed by atoms with Crippen molar-refractivity contribution in [3.8, 4) is 5.75 Å². The Labute approximate surface area is 118 Å². The molecule has 0 amide bonds. The summed E-state index contributed by atoms with van der Waals surface area (Å²) in [6, 6.07) is 5.84. The van der Waals surface area contributed by atoms with Crippen molar-refractivity contribution in [3.63, 3.8) is 0 Å². The molecule has 0 aliphatic rings. The van der Waals surface area contributed by atoms with Gasteiger partial charge in [-0.05, 0) is 17.7 Å². The predicted octanol–water partition coefficient (Wildman–Crippen LogP) is 3.37. The van der Waals surface area contributed by atoms with Crippen LogP contribution in [0.5, 0.6) is 5.75 Å². The largest absolute Gasteiger partial charge is 0.573 e. The van der Waals surface area contributed by atoms with E-state index in [0.29, 0.717) is 6.54 Å². The molecule has 1 aromatic heterocycles. The molecule has 0 spiro atoms. The normalized spacial score (nSPS) is 11.6. The van der Waals surface area contributed by atoms with Gasteiger partial charge in [-0.15, -0.1) is 24.5 Å². The van der Waals surface area contributed by atoms with Crippen LogP contribution in [0, 0.1) is 0 Å². The zero-order valence-corrected chi connectivity index (χ0v) is 11.3. The maximum atomic E-state index is 12.0. The van der Waals surface area contributed by atoms with E-state index in [2.05, 4.69) is 15.0 Å². The monoisotopic (exact) mass is 302 g/mol. The van der Waals surface area contributed by atoms with Crippen LogP contribution in [-0.4, -0.2) is 17.9 Å². The van der Waals surface area contributed by atoms with E-state index in [4.69, 9.17) is 0 Å². The number of hydrogen-bond acceptors (Lipinski definition) is 4. The van der Waals surface area contributed by atoms with Gasteiger partial charge in [-0.1, -0.05) is 12.1 Å². The molecule has 0 aliphatic carbocycles. The third-order valence-corrected chi connectivity index (χ3v) is 3.32. The van der Waals surface area contributed by atoms with Crippen LogP contribution in [0.15, 0.2) is 35.8 Å². The minimum absolute atomic E-state index is 0.205. The van der Waals surface area contributed by atoms with Gasteiger partial charge < -0.3 is 10.1 Å². The van der Waals surface area contributed by atoms with Crippen molar-refractivity contribution in [1.29, 1.82) is 0 Å². The molecule has 1 N–H and O–H groups in total. The average molecular weight is 302 g/mol. The van der Waals surface area contributed by atoms with Crippen LogP contribution in [0.3, 0.4) is 0 Å². The third kappa shape index (κ3) is 5.18. The molecule has 0 saturated carbocycles. The van der Waals surface area contributed by atoms with E-state index in [9.17, 15) is 13.2 Å². The van der Waals surface area contributed by atoms with Gasteiger partial charge in [0.15, 0.2) is 0 Å². The number of aromatic nitrogens is 1. The van der Waals surface area contributed by atoms with Gasteiger partial charge in [0.05, 0.1) is 5.01 Å². The van der Waals surface area contributed by atoms with Crippen molar-refractivity contribution in [2.75, 3.05) is 6.54 Å². The molecule has 0 radical (unpaired) electrons. The lowest BCUT2D eigenvalue weighted by Gasteiger charge is -2.09. The summed E-state index contributed by atoms with van der Waals surface area (Å²) in [5.74, 6) is -0.205. The Kier molecular flexibility index (Phi) is 4.97. The molecule has 2 aromatic rings. The second-order valence-corrected chi connectivity index (χ2v) is 5.02. The number of benzene rings is 1. The number of rotatable bonds is 6. The van der Waals surface area contributed by atoms with Gasteiger partial charge in [0, 0.05) is 31.1 Å². The van der Waals surface area contributed by atoms with E-state index < -0.39 is 6.36 Å². The van der Waals surface area contributed by atoms with Crippen molar-refractivity contribution in [2.24, 2.45) is 0 Å². The van der Waals surface area contributed by atoms with Crippen LogP contribution in [-0.2, 0) is 13.0 Å². The summed E-state index contributed by atoms with van der Waals surface area (Å²) in [4.78, 5) is 4.16. The summed E-state index contributed by atoms with van der Waals surface area (Å²) in [6.07, 6.45) is -2.04. The molecule has 0 aliphatic heterocycles. The number of nitrogens with one attached hydrogen (secondary N) is 1. The lowest BCUT2D eigenvalue weighted by Crippen LogP contribution is -2.18. The van der Waals surface area contributed by atoms with E-state index in [1.807, 2.05) is 5.38 Å². The molecule has 3 nitrogen and oxygen atoms in total. The zero-order chi connectivity index (χ0) is 14.4. The highest BCUT2D eigenvalue weighted by atomic mass is 32.1. The SMILES string of the molecule is FC(F)(F)Oc1ccc(CNCCc2nccs2)cc1. The first-order valence-corrected chi connectivity index (χ1v) is 6.85. The average Bonchev–Trinajstić information content (AvgIpc) is 2.88. The van der Waals surface area contributed by atoms with E-state index in [-0.39, 0.29) is 5.75 Å². The van der Waals surface area contributed by atoms with Crippen molar-refractivity contribution in [2.45, 2.75) is 19.3 Å². The summed E-state index contributed by atoms with van der Waals surface area (Å²) in [6.45, 7) is 1.37. The summed E-state index contributed by atoms with van der Waals surface area (Å²) >= 11 is 1.60. The Morgan fingerprint density at radius 3 is 2.55 bits per heavy atom. The van der Waals surface area contributed by atoms with E-state index in [1.165, 1.54) is 12.1 Å². The van der Waals surface area contributed by atoms with Crippen molar-refractivity contribution >= 4 is 11.3 Å². The lowest BCUT2D eigenvalue weighted by molar-refractivity contribution is -0.274. The van der Waals surface area contributed by atoms with Crippen LogP contribution < -0.4 is 10.1 Å². The Morgan fingerprint density at radius 1 is 1.20 bits per heavy atom. The molecule has 0 fully saturated rings. The summed E-state index contributed by atoms with van der Waals surface area (Å²) in [7, 11) is 0. The smallest absolute Gasteiger partial charge is 0.406 e. The van der Waals surface area contributed by atoms with Crippen molar-refractivity contribution in [1.82, 2.24) is 10.3 Å². The fourth-order valence-corrected chi connectivity index (χ4v) is 2.23. The van der Waals surface area contributed by atoms with Crippen LogP contribution in [0.1, 0.15) is 10.6 Å². The fraction of sp³-hybridized carbons (Fsp3) is 0.308. The van der Waals surface area contributed by atoms with Crippen molar-refractivity contribution < 1.29 is 17.9 Å². The summed E-state index contributed by atoms with van der Waals surface area (Å²) < 4.78 is 39.8. The highest BCUT2D eigenvalue weighted by molar-refractivity contribution is 7.09. The molecule has 0 atom stereocenters. The van der Waals surface area contributed by atoms with Crippen molar-refractivity contribution in [3.05, 3.63) is 46.4 Å². The first-order chi connectivity index (χ1) is 9.53. The molecule has 0 bridgehead atoms. The molecule has 0 saturated heterocycles. The molecule has 1 heterocycles. The van der Waals surface area contributed by atoms with Crippen LogP contribution in [0.2, 0.25) is 0 Å². The zero-order valence-electron chi connectivity index (χ0n) is 10.5. The van der Waals surface area contributed by atoms with Crippen LogP contribution in [0.25, 0.3) is 0 Å². The quantitative estimate of drug-likeness (QED) is 0.831. The number of halogens is 3. The van der Waals surface area contributed by atoms with Gasteiger partial charge >= 0.3 is 6.36 Å². The fourth-order valence-electron chi connectivity index (χ4n) is 1.61. The number of hydrogen-bond donors (Lipinski definition) is 1. The molecule has 108 valence electrons. The Morgan fingerprint density at radius 2 is 1.95 bits per heavy atom. The molecular formula is C13H13F3N2OS. The number of alkyl halides is 3. The van der Waals surface area contributed by atoms with Gasteiger partial charge in [-0.2, -0.15) is 0 Å². The maximum absolute atomic E-state index is 12.0. The molecule has 1 aromatic carbocycles. The van der Waals surface area contributed by atoms with E-state index in [1.54, 1.807) is 29.7 Å². The van der Waals surface area contributed by atoms with Crippen LogP contribution in [0.4, 0.5) is 13.2 Å². The lowest BCUT2D eigenvalue weighted by atomic mass is 10.2. The number of ether oxygens (including phenoxy) is 1. The minimum atomic E-state index is -4.65. The van der Waals surface area contributed by atoms with Gasteiger partial charge in [0.1, 0.15) is 5.75 Å². The van der Waals surface area contributed by atoms with Gasteiger partial charge in [0.25, 0.3) is 0 Å². The van der Waals surface area contributed by atoms with Gasteiger partial charge in [-0.25, -0.2) is 4.98 Å². The van der Waals surface area contributed by atoms with Gasteiger partial charge in [0.2, 0.25) is 0 Å². The standard InChI is InChI=1S/C13H13F3N2OS/c14-13(15,16)19-11-3-1-10(2-4-11)9-17-6-5-12-18-7-8-20-12/h1-4,7-8,17H,5-6,9H2. The summed E-state index contributed by atoms with van der Waals surface area (Å²) in [5, 5.41) is 6.20. The highest BCUT2D eigenvalue weighted by Crippen LogP contribution is 2.22. The molecule has 20 heavy (non-hydrogen) atoms. The Hall–Kier alpha value is -1.60. The van der Waals surface area contributed by atoms with E-state index >= 15 is 0 Å². The van der Waals surface area contributed by atoms with Gasteiger partial charge in [-0.3, -0.25) is 0 Å². The minimum Gasteiger partial charge on any atom is -0.406 e. The second-order valence-electron chi connectivity index (χ2n) is 4.04. The first kappa shape index (κ1) is 14.8. The first-order valence-electron chi connectivity index (χ1n) is 5.97. The molecule has 0 unspecified atom stereocenters. The van der Waals surface area contributed by atoms with Crippen LogP contribution >= 0.6 is 11.3 Å². The Bertz CT molecular complexity index is 511. The number of thiazole rings is 1. The highest BCUT2D eigenvalue weighted by Gasteiger charge is 2.30. The Balaban J connectivity index is 1.73. The molecule has 2 rings (SSSR count). The topological polar surface area (TPSA) is 34.1 Å². The number of nitrogens with zero attached hydrogens (tertiary/aromatic N) is 1. The second kappa shape index (κ2) is 6.71. The summed E-state index contributed by atoms with van der Waals surface area (Å²) in [5.41, 5.74) is 0.902.